The van der Waals surface area contributed by atoms with E-state index in [1.165, 1.54) is 0 Å². The number of aromatic amines is 1. The third-order valence-electron chi connectivity index (χ3n) is 6.37. The van der Waals surface area contributed by atoms with Crippen LogP contribution in [0.2, 0.25) is 0 Å². The molecule has 0 unspecified atom stereocenters. The minimum absolute atomic E-state index is 0.105. The van der Waals surface area contributed by atoms with Crippen LogP contribution in [0, 0.1) is 0 Å². The van der Waals surface area contributed by atoms with Gasteiger partial charge in [-0.1, -0.05) is 49.4 Å². The molecule has 3 aromatic rings. The normalized spacial score (nSPS) is 15.5. The van der Waals surface area contributed by atoms with Crippen LogP contribution in [0.15, 0.2) is 59.4 Å². The molecule has 1 atom stereocenters. The molecule has 1 aromatic heterocycles. The second kappa shape index (κ2) is 9.85. The van der Waals surface area contributed by atoms with E-state index in [1.807, 2.05) is 59.5 Å². The third-order valence-corrected chi connectivity index (χ3v) is 6.37. The largest absolute Gasteiger partial charge is 0.497 e. The molecule has 1 saturated heterocycles. The first-order valence-corrected chi connectivity index (χ1v) is 11.2. The molecule has 7 nitrogen and oxygen atoms in total. The van der Waals surface area contributed by atoms with Gasteiger partial charge in [-0.2, -0.15) is 5.10 Å². The van der Waals surface area contributed by atoms with Crippen molar-refractivity contribution in [2.24, 2.45) is 0 Å². The van der Waals surface area contributed by atoms with Crippen molar-refractivity contribution in [1.29, 1.82) is 0 Å². The molecule has 0 bridgehead atoms. The molecule has 1 fully saturated rings. The number of piperidine rings is 1. The van der Waals surface area contributed by atoms with E-state index in [9.17, 15) is 9.59 Å². The van der Waals surface area contributed by atoms with E-state index >= 15 is 0 Å². The Morgan fingerprint density at radius 2 is 1.81 bits per heavy atom. The SMILES string of the molecule is CC[C@@H](C(=O)N1CCC(c2n[nH]c(=O)n2Cc2ccc(OC)cc2)CC1)c1ccccc1. The van der Waals surface area contributed by atoms with Gasteiger partial charge in [0.05, 0.1) is 19.6 Å². The lowest BCUT2D eigenvalue weighted by molar-refractivity contribution is -0.134. The van der Waals surface area contributed by atoms with Gasteiger partial charge in [0.2, 0.25) is 5.91 Å². The molecule has 1 aliphatic rings. The predicted molar refractivity (Wildman–Crippen MR) is 123 cm³/mol. The van der Waals surface area contributed by atoms with Crippen LogP contribution in [0.1, 0.15) is 55.0 Å². The highest BCUT2D eigenvalue weighted by Crippen LogP contribution is 2.29. The van der Waals surface area contributed by atoms with Gasteiger partial charge in [-0.15, -0.1) is 0 Å². The van der Waals surface area contributed by atoms with E-state index in [0.29, 0.717) is 19.6 Å². The summed E-state index contributed by atoms with van der Waals surface area (Å²) in [6.45, 7) is 3.87. The summed E-state index contributed by atoms with van der Waals surface area (Å²) in [6.07, 6.45) is 2.37. The first-order valence-electron chi connectivity index (χ1n) is 11.2. The number of hydrogen-bond acceptors (Lipinski definition) is 4. The van der Waals surface area contributed by atoms with Gasteiger partial charge in [-0.05, 0) is 42.5 Å². The second-order valence-corrected chi connectivity index (χ2v) is 8.29. The number of amides is 1. The van der Waals surface area contributed by atoms with Crippen LogP contribution in [0.25, 0.3) is 0 Å². The summed E-state index contributed by atoms with van der Waals surface area (Å²) in [4.78, 5) is 27.6. The molecule has 168 valence electrons. The molecule has 2 aromatic carbocycles. The smallest absolute Gasteiger partial charge is 0.343 e. The monoisotopic (exact) mass is 434 g/mol. The molecule has 1 N–H and O–H groups in total. The van der Waals surface area contributed by atoms with Crippen LogP contribution in [0.4, 0.5) is 0 Å². The molecule has 0 aliphatic carbocycles. The van der Waals surface area contributed by atoms with Gasteiger partial charge >= 0.3 is 5.69 Å². The second-order valence-electron chi connectivity index (χ2n) is 8.29. The summed E-state index contributed by atoms with van der Waals surface area (Å²) >= 11 is 0. The molecule has 0 saturated carbocycles. The molecule has 32 heavy (non-hydrogen) atoms. The quantitative estimate of drug-likeness (QED) is 0.617. The Morgan fingerprint density at radius 3 is 2.44 bits per heavy atom. The number of hydrogen-bond donors (Lipinski definition) is 1. The predicted octanol–water partition coefficient (Wildman–Crippen LogP) is 3.53. The van der Waals surface area contributed by atoms with Crippen LogP contribution >= 0.6 is 0 Å². The molecule has 0 spiro atoms. The average molecular weight is 435 g/mol. The van der Waals surface area contributed by atoms with Crippen LogP contribution in [-0.4, -0.2) is 45.8 Å². The van der Waals surface area contributed by atoms with Crippen LogP contribution < -0.4 is 10.4 Å². The van der Waals surface area contributed by atoms with Gasteiger partial charge in [0.25, 0.3) is 0 Å². The first kappa shape index (κ1) is 21.9. The van der Waals surface area contributed by atoms with Crippen LogP contribution in [-0.2, 0) is 11.3 Å². The zero-order chi connectivity index (χ0) is 22.5. The van der Waals surface area contributed by atoms with Crippen molar-refractivity contribution >= 4 is 5.91 Å². The van der Waals surface area contributed by atoms with Crippen molar-refractivity contribution in [3.8, 4) is 5.75 Å². The highest BCUT2D eigenvalue weighted by atomic mass is 16.5. The van der Waals surface area contributed by atoms with Crippen molar-refractivity contribution in [2.75, 3.05) is 20.2 Å². The molecule has 7 heteroatoms. The van der Waals surface area contributed by atoms with E-state index < -0.39 is 0 Å². The Hall–Kier alpha value is -3.35. The number of ether oxygens (including phenoxy) is 1. The average Bonchev–Trinajstić information content (AvgIpc) is 3.20. The van der Waals surface area contributed by atoms with E-state index in [0.717, 1.165) is 42.0 Å². The number of carbonyl (C=O) groups is 1. The van der Waals surface area contributed by atoms with Gasteiger partial charge < -0.3 is 9.64 Å². The number of nitrogens with one attached hydrogen (secondary N) is 1. The Kier molecular flexibility index (Phi) is 6.73. The van der Waals surface area contributed by atoms with E-state index in [1.54, 1.807) is 11.7 Å². The number of carbonyl (C=O) groups excluding carboxylic acids is 1. The molecule has 1 aliphatic heterocycles. The third kappa shape index (κ3) is 4.61. The summed E-state index contributed by atoms with van der Waals surface area (Å²) in [5.74, 6) is 1.79. The van der Waals surface area contributed by atoms with E-state index in [-0.39, 0.29) is 23.4 Å². The lowest BCUT2D eigenvalue weighted by Gasteiger charge is -2.34. The van der Waals surface area contributed by atoms with Gasteiger partial charge in [0.15, 0.2) is 0 Å². The molecular weight excluding hydrogens is 404 g/mol. The maximum atomic E-state index is 13.2. The summed E-state index contributed by atoms with van der Waals surface area (Å²) in [6, 6.07) is 17.7. The van der Waals surface area contributed by atoms with Crippen molar-refractivity contribution in [1.82, 2.24) is 19.7 Å². The van der Waals surface area contributed by atoms with Crippen LogP contribution in [0.5, 0.6) is 5.75 Å². The van der Waals surface area contributed by atoms with Crippen molar-refractivity contribution in [2.45, 2.75) is 44.6 Å². The fraction of sp³-hybridized carbons (Fsp3) is 0.400. The highest BCUT2D eigenvalue weighted by Gasteiger charge is 2.30. The van der Waals surface area contributed by atoms with E-state index in [4.69, 9.17) is 4.74 Å². The Bertz CT molecular complexity index is 1080. The summed E-state index contributed by atoms with van der Waals surface area (Å²) < 4.78 is 6.92. The fourth-order valence-corrected chi connectivity index (χ4v) is 4.52. The number of aromatic nitrogens is 3. The molecule has 1 amide bonds. The fourth-order valence-electron chi connectivity index (χ4n) is 4.52. The maximum absolute atomic E-state index is 13.2. The number of rotatable bonds is 7. The van der Waals surface area contributed by atoms with Crippen molar-refractivity contribution < 1.29 is 9.53 Å². The summed E-state index contributed by atoms with van der Waals surface area (Å²) in [5, 5.41) is 6.95. The number of nitrogens with zero attached hydrogens (tertiary/aromatic N) is 3. The van der Waals surface area contributed by atoms with Crippen molar-refractivity contribution in [3.63, 3.8) is 0 Å². The highest BCUT2D eigenvalue weighted by molar-refractivity contribution is 5.83. The topological polar surface area (TPSA) is 80.2 Å². The number of H-pyrrole nitrogens is 1. The Morgan fingerprint density at radius 1 is 1.12 bits per heavy atom. The zero-order valence-electron chi connectivity index (χ0n) is 18.7. The van der Waals surface area contributed by atoms with Crippen LogP contribution in [0.3, 0.4) is 0 Å². The number of likely N-dealkylation sites (tertiary alicyclic amines) is 1. The first-order chi connectivity index (χ1) is 15.6. The molecule has 0 radical (unpaired) electrons. The Labute approximate surface area is 188 Å². The molecule has 4 rings (SSSR count). The number of benzene rings is 2. The molecular formula is C25H30N4O3. The lowest BCUT2D eigenvalue weighted by Crippen LogP contribution is -2.41. The lowest BCUT2D eigenvalue weighted by atomic mass is 9.91. The summed E-state index contributed by atoms with van der Waals surface area (Å²) in [5.41, 5.74) is 1.88. The number of methoxy groups -OCH3 is 1. The van der Waals surface area contributed by atoms with Crippen molar-refractivity contribution in [3.05, 3.63) is 82.0 Å². The van der Waals surface area contributed by atoms with E-state index in [2.05, 4.69) is 17.1 Å². The standard InChI is InChI=1S/C25H30N4O3/c1-3-22(19-7-5-4-6-8-19)24(30)28-15-13-20(14-16-28)23-26-27-25(31)29(23)17-18-9-11-21(32-2)12-10-18/h4-12,20,22H,3,13-17H2,1-2H3,(H,27,31)/t22-/m1/s1. The van der Waals surface area contributed by atoms with Gasteiger partial charge in [0.1, 0.15) is 11.6 Å². The van der Waals surface area contributed by atoms with Gasteiger partial charge in [-0.3, -0.25) is 9.36 Å². The minimum atomic E-state index is -0.204. The van der Waals surface area contributed by atoms with Gasteiger partial charge in [-0.25, -0.2) is 9.89 Å². The zero-order valence-corrected chi connectivity index (χ0v) is 18.7. The maximum Gasteiger partial charge on any atom is 0.343 e. The minimum Gasteiger partial charge on any atom is -0.497 e. The summed E-state index contributed by atoms with van der Waals surface area (Å²) in [7, 11) is 1.63. The van der Waals surface area contributed by atoms with Gasteiger partial charge in [0, 0.05) is 19.0 Å². The Balaban J connectivity index is 1.43. The molecule has 2 heterocycles.